The molecule has 0 aromatic carbocycles. The van der Waals surface area contributed by atoms with E-state index in [1.54, 1.807) is 6.33 Å². The quantitative estimate of drug-likeness (QED) is 0.579. The van der Waals surface area contributed by atoms with Gasteiger partial charge in [0.2, 0.25) is 0 Å². The van der Waals surface area contributed by atoms with Crippen LogP contribution in [0.25, 0.3) is 6.08 Å². The Hall–Kier alpha value is -1.05. The minimum atomic E-state index is 0.979. The monoisotopic (exact) mass is 108 g/mol. The van der Waals surface area contributed by atoms with Crippen LogP contribution >= 0.6 is 0 Å². The van der Waals surface area contributed by atoms with Gasteiger partial charge in [-0.25, -0.2) is 4.98 Å². The molecule has 1 rings (SSSR count). The molecule has 0 saturated heterocycles. The summed E-state index contributed by atoms with van der Waals surface area (Å²) in [4.78, 5) is 6.82. The summed E-state index contributed by atoms with van der Waals surface area (Å²) in [5.74, 6) is 0. The number of allylic oxidation sites excluding steroid dienone is 1. The molecule has 2 heteroatoms. The fraction of sp³-hybridized carbons (Fsp3) is 0.167. The highest BCUT2D eigenvalue weighted by Gasteiger charge is 1.80. The zero-order valence-electron chi connectivity index (χ0n) is 4.76. The van der Waals surface area contributed by atoms with Gasteiger partial charge in [-0.2, -0.15) is 0 Å². The minimum Gasteiger partial charge on any atom is -0.351 e. The highest BCUT2D eigenvalue weighted by atomic mass is 14.8. The van der Waals surface area contributed by atoms with Crippen LogP contribution in [0.2, 0.25) is 0 Å². The van der Waals surface area contributed by atoms with Crippen molar-refractivity contribution in [3.05, 3.63) is 24.3 Å². The Morgan fingerprint density at radius 3 is 3.12 bits per heavy atom. The Balaban J connectivity index is 2.77. The van der Waals surface area contributed by atoms with Crippen molar-refractivity contribution in [2.45, 2.75) is 6.92 Å². The molecular formula is C6H8N2. The lowest BCUT2D eigenvalue weighted by Gasteiger charge is -1.73. The topological polar surface area (TPSA) is 28.7 Å². The first kappa shape index (κ1) is 5.09. The average Bonchev–Trinajstić information content (AvgIpc) is 2.19. The van der Waals surface area contributed by atoms with Gasteiger partial charge in [0.1, 0.15) is 0 Å². The van der Waals surface area contributed by atoms with Gasteiger partial charge in [-0.05, 0) is 13.0 Å². The summed E-state index contributed by atoms with van der Waals surface area (Å²) in [5, 5.41) is 0. The minimum absolute atomic E-state index is 0.979. The van der Waals surface area contributed by atoms with E-state index in [4.69, 9.17) is 0 Å². The average molecular weight is 108 g/mol. The Morgan fingerprint density at radius 2 is 2.62 bits per heavy atom. The molecule has 0 bridgehead atoms. The van der Waals surface area contributed by atoms with Crippen LogP contribution < -0.4 is 0 Å². The van der Waals surface area contributed by atoms with Crippen LogP contribution in [0.15, 0.2) is 18.6 Å². The summed E-state index contributed by atoms with van der Waals surface area (Å²) in [7, 11) is 0. The van der Waals surface area contributed by atoms with E-state index in [0.29, 0.717) is 0 Å². The molecule has 0 amide bonds. The maximum absolute atomic E-state index is 3.96. The fourth-order valence-corrected chi connectivity index (χ4v) is 0.534. The number of aromatic amines is 1. The van der Waals surface area contributed by atoms with Crippen molar-refractivity contribution in [3.8, 4) is 0 Å². The third-order valence-electron chi connectivity index (χ3n) is 0.857. The molecule has 0 aliphatic heterocycles. The molecule has 0 fully saturated rings. The standard InChI is InChI=1S/C6H8N2/c1-2-3-6-4-7-5-8-6/h2-5H,1H3,(H,7,8)/b3-2-. The summed E-state index contributed by atoms with van der Waals surface area (Å²) in [6, 6.07) is 0. The number of imidazole rings is 1. The predicted molar refractivity (Wildman–Crippen MR) is 33.3 cm³/mol. The van der Waals surface area contributed by atoms with Crippen molar-refractivity contribution >= 4 is 6.08 Å². The van der Waals surface area contributed by atoms with Crippen molar-refractivity contribution < 1.29 is 0 Å². The van der Waals surface area contributed by atoms with Gasteiger partial charge >= 0.3 is 0 Å². The predicted octanol–water partition coefficient (Wildman–Crippen LogP) is 1.44. The van der Waals surface area contributed by atoms with Crippen LogP contribution in [0.4, 0.5) is 0 Å². The number of H-pyrrole nitrogens is 1. The maximum Gasteiger partial charge on any atom is 0.0927 e. The van der Waals surface area contributed by atoms with Crippen molar-refractivity contribution in [1.29, 1.82) is 0 Å². The highest BCUT2D eigenvalue weighted by Crippen LogP contribution is 1.91. The van der Waals surface area contributed by atoms with Gasteiger partial charge in [-0.15, -0.1) is 0 Å². The van der Waals surface area contributed by atoms with Gasteiger partial charge in [0.05, 0.1) is 12.0 Å². The Kier molecular flexibility index (Phi) is 1.47. The lowest BCUT2D eigenvalue weighted by atomic mass is 10.4. The normalized spacial score (nSPS) is 10.6. The van der Waals surface area contributed by atoms with Crippen molar-refractivity contribution in [3.63, 3.8) is 0 Å². The van der Waals surface area contributed by atoms with Crippen LogP contribution in [0.3, 0.4) is 0 Å². The molecule has 0 unspecified atom stereocenters. The van der Waals surface area contributed by atoms with Crippen molar-refractivity contribution in [1.82, 2.24) is 9.97 Å². The van der Waals surface area contributed by atoms with E-state index >= 15 is 0 Å². The number of rotatable bonds is 1. The van der Waals surface area contributed by atoms with Crippen LogP contribution in [-0.2, 0) is 0 Å². The van der Waals surface area contributed by atoms with Gasteiger partial charge in [0, 0.05) is 6.20 Å². The van der Waals surface area contributed by atoms with E-state index in [9.17, 15) is 0 Å². The van der Waals surface area contributed by atoms with Crippen molar-refractivity contribution in [2.24, 2.45) is 0 Å². The Labute approximate surface area is 48.3 Å². The van der Waals surface area contributed by atoms with Crippen LogP contribution in [0.1, 0.15) is 12.6 Å². The number of aromatic nitrogens is 2. The van der Waals surface area contributed by atoms with E-state index in [2.05, 4.69) is 9.97 Å². The lowest BCUT2D eigenvalue weighted by Crippen LogP contribution is -1.63. The van der Waals surface area contributed by atoms with E-state index < -0.39 is 0 Å². The molecule has 2 nitrogen and oxygen atoms in total. The zero-order chi connectivity index (χ0) is 5.82. The smallest absolute Gasteiger partial charge is 0.0927 e. The number of nitrogens with zero attached hydrogens (tertiary/aromatic N) is 1. The van der Waals surface area contributed by atoms with E-state index in [1.165, 1.54) is 0 Å². The van der Waals surface area contributed by atoms with Crippen LogP contribution in [0.5, 0.6) is 0 Å². The van der Waals surface area contributed by atoms with Crippen LogP contribution in [-0.4, -0.2) is 9.97 Å². The first-order valence-corrected chi connectivity index (χ1v) is 2.55. The molecule has 1 N–H and O–H groups in total. The molecule has 0 saturated carbocycles. The molecular weight excluding hydrogens is 100 g/mol. The molecule has 0 atom stereocenters. The molecule has 0 radical (unpaired) electrons. The molecule has 42 valence electrons. The summed E-state index contributed by atoms with van der Waals surface area (Å²) >= 11 is 0. The van der Waals surface area contributed by atoms with Crippen molar-refractivity contribution in [2.75, 3.05) is 0 Å². The number of hydrogen-bond acceptors (Lipinski definition) is 1. The third-order valence-corrected chi connectivity index (χ3v) is 0.857. The first-order chi connectivity index (χ1) is 3.93. The zero-order valence-corrected chi connectivity index (χ0v) is 4.76. The second-order valence-corrected chi connectivity index (χ2v) is 1.49. The van der Waals surface area contributed by atoms with Gasteiger partial charge in [0.25, 0.3) is 0 Å². The molecule has 8 heavy (non-hydrogen) atoms. The van der Waals surface area contributed by atoms with Crippen LogP contribution in [0, 0.1) is 0 Å². The summed E-state index contributed by atoms with van der Waals surface area (Å²) < 4.78 is 0. The second-order valence-electron chi connectivity index (χ2n) is 1.49. The van der Waals surface area contributed by atoms with Gasteiger partial charge in [0.15, 0.2) is 0 Å². The van der Waals surface area contributed by atoms with E-state index in [0.717, 1.165) is 5.69 Å². The van der Waals surface area contributed by atoms with Gasteiger partial charge in [-0.3, -0.25) is 0 Å². The molecule has 0 aliphatic rings. The number of nitrogens with one attached hydrogen (secondary N) is 1. The second kappa shape index (κ2) is 2.31. The molecule has 1 aromatic heterocycles. The Morgan fingerprint density at radius 1 is 1.75 bits per heavy atom. The number of hydrogen-bond donors (Lipinski definition) is 1. The van der Waals surface area contributed by atoms with E-state index in [1.807, 2.05) is 25.3 Å². The third kappa shape index (κ3) is 0.964. The van der Waals surface area contributed by atoms with E-state index in [-0.39, 0.29) is 0 Å². The summed E-state index contributed by atoms with van der Waals surface area (Å²) in [6.45, 7) is 1.97. The first-order valence-electron chi connectivity index (χ1n) is 2.55. The Bertz CT molecular complexity index is 163. The SMILES string of the molecule is C/C=C\c1c[nH]cn1. The lowest BCUT2D eigenvalue weighted by molar-refractivity contribution is 1.31. The largest absolute Gasteiger partial charge is 0.351 e. The fourth-order valence-electron chi connectivity index (χ4n) is 0.534. The van der Waals surface area contributed by atoms with Gasteiger partial charge in [-0.1, -0.05) is 6.08 Å². The summed E-state index contributed by atoms with van der Waals surface area (Å²) in [6.07, 6.45) is 7.40. The maximum atomic E-state index is 3.96. The van der Waals surface area contributed by atoms with Gasteiger partial charge < -0.3 is 4.98 Å². The molecule has 0 spiro atoms. The molecule has 1 heterocycles. The highest BCUT2D eigenvalue weighted by molar-refractivity contribution is 5.41. The molecule has 1 aromatic rings. The summed E-state index contributed by atoms with van der Waals surface area (Å²) in [5.41, 5.74) is 0.979. The molecule has 0 aliphatic carbocycles.